The first-order valence-electron chi connectivity index (χ1n) is 4.97. The van der Waals surface area contributed by atoms with Gasteiger partial charge in [-0.1, -0.05) is 12.1 Å². The number of hydrazine groups is 1. The molecule has 0 spiro atoms. The Labute approximate surface area is 97.5 Å². The number of phenolic OH excluding ortho intramolecular Hbond substituents is 2. The van der Waals surface area contributed by atoms with Gasteiger partial charge < -0.3 is 10.2 Å². The second kappa shape index (κ2) is 4.52. The summed E-state index contributed by atoms with van der Waals surface area (Å²) in [6, 6.07) is 12.1. The van der Waals surface area contributed by atoms with E-state index in [4.69, 9.17) is 0 Å². The van der Waals surface area contributed by atoms with Crippen LogP contribution < -0.4 is 5.43 Å². The van der Waals surface area contributed by atoms with Crippen molar-refractivity contribution in [3.8, 4) is 11.5 Å². The molecule has 2 aromatic carbocycles. The van der Waals surface area contributed by atoms with Gasteiger partial charge in [0, 0.05) is 12.1 Å². The van der Waals surface area contributed by atoms with Gasteiger partial charge in [0.15, 0.2) is 4.87 Å². The third-order valence-electron chi connectivity index (χ3n) is 2.14. The maximum Gasteiger partial charge on any atom is 0.296 e. The second-order valence-electron chi connectivity index (χ2n) is 3.48. The van der Waals surface area contributed by atoms with Crippen molar-refractivity contribution < 1.29 is 15.1 Å². The molecule has 0 aliphatic rings. The predicted molar refractivity (Wildman–Crippen MR) is 63.1 cm³/mol. The van der Waals surface area contributed by atoms with Crippen LogP contribution in [0.3, 0.4) is 0 Å². The first-order chi connectivity index (χ1) is 8.15. The van der Waals surface area contributed by atoms with Crippen molar-refractivity contribution in [2.75, 3.05) is 5.43 Å². The Bertz CT molecular complexity index is 555. The third-order valence-corrected chi connectivity index (χ3v) is 2.14. The highest BCUT2D eigenvalue weighted by atomic mass is 16.3. The molecule has 0 atom stereocenters. The molecule has 0 bridgehead atoms. The highest BCUT2D eigenvalue weighted by Crippen LogP contribution is 2.20. The van der Waals surface area contributed by atoms with Gasteiger partial charge in [-0.25, -0.2) is 0 Å². The van der Waals surface area contributed by atoms with Crippen molar-refractivity contribution in [3.05, 3.63) is 53.4 Å². The molecule has 17 heavy (non-hydrogen) atoms. The van der Waals surface area contributed by atoms with Gasteiger partial charge in [0.1, 0.15) is 17.2 Å². The van der Waals surface area contributed by atoms with E-state index in [2.05, 4.69) is 5.43 Å². The number of benzene rings is 2. The van der Waals surface area contributed by atoms with E-state index in [1.165, 1.54) is 24.3 Å². The largest absolute Gasteiger partial charge is 0.508 e. The van der Waals surface area contributed by atoms with Crippen LogP contribution in [0.5, 0.6) is 11.5 Å². The summed E-state index contributed by atoms with van der Waals surface area (Å²) in [5.74, 6) is 0.0837. The summed E-state index contributed by atoms with van der Waals surface area (Å²) in [7, 11) is 0. The van der Waals surface area contributed by atoms with Gasteiger partial charge in [-0.15, -0.1) is 5.43 Å². The molecule has 0 saturated carbocycles. The molecule has 0 aromatic heterocycles. The Hall–Kier alpha value is -2.56. The van der Waals surface area contributed by atoms with Crippen LogP contribution in [0, 0.1) is 4.91 Å². The maximum atomic E-state index is 11.7. The molecule has 0 aliphatic heterocycles. The molecule has 2 aromatic rings. The van der Waals surface area contributed by atoms with Crippen molar-refractivity contribution in [2.24, 2.45) is 0 Å². The monoisotopic (exact) mass is 231 g/mol. The van der Waals surface area contributed by atoms with Gasteiger partial charge in [-0.2, -0.15) is 0 Å². The smallest absolute Gasteiger partial charge is 0.296 e. The van der Waals surface area contributed by atoms with E-state index in [0.717, 1.165) is 0 Å². The Morgan fingerprint density at radius 3 is 2.24 bits per heavy atom. The lowest BCUT2D eigenvalue weighted by molar-refractivity contribution is -0.427. The first-order valence-corrected chi connectivity index (χ1v) is 4.97. The molecule has 0 fully saturated rings. The number of aromatic hydroxyl groups is 2. The van der Waals surface area contributed by atoms with Crippen LogP contribution in [-0.4, -0.2) is 15.1 Å². The van der Waals surface area contributed by atoms with Crippen molar-refractivity contribution in [1.29, 1.82) is 0 Å². The van der Waals surface area contributed by atoms with E-state index in [9.17, 15) is 15.1 Å². The Kier molecular flexibility index (Phi) is 2.91. The number of anilines is 1. The van der Waals surface area contributed by atoms with E-state index in [1.807, 2.05) is 0 Å². The zero-order chi connectivity index (χ0) is 12.3. The lowest BCUT2D eigenvalue weighted by Crippen LogP contribution is -2.09. The van der Waals surface area contributed by atoms with Gasteiger partial charge in [0.25, 0.3) is 5.69 Å². The minimum atomic E-state index is 0.0149. The summed E-state index contributed by atoms with van der Waals surface area (Å²) in [6.07, 6.45) is 0. The maximum absolute atomic E-state index is 11.7. The van der Waals surface area contributed by atoms with Crippen LogP contribution in [0.15, 0.2) is 48.5 Å². The zero-order valence-electron chi connectivity index (χ0n) is 8.87. The number of nitrogens with one attached hydrogen (secondary N) is 1. The van der Waals surface area contributed by atoms with E-state index >= 15 is 0 Å². The SMILES string of the molecule is O=[N+](Nc1cccc(O)c1)c1cccc(O)c1. The minimum absolute atomic E-state index is 0.0149. The van der Waals surface area contributed by atoms with Crippen LogP contribution in [0.1, 0.15) is 0 Å². The van der Waals surface area contributed by atoms with E-state index in [-0.39, 0.29) is 17.2 Å². The van der Waals surface area contributed by atoms with Crippen LogP contribution >= 0.6 is 0 Å². The average Bonchev–Trinajstić information content (AvgIpc) is 2.29. The molecule has 0 saturated heterocycles. The normalized spacial score (nSPS) is 9.88. The summed E-state index contributed by atoms with van der Waals surface area (Å²) in [6.45, 7) is 0. The number of rotatable bonds is 3. The molecule has 5 heteroatoms. The summed E-state index contributed by atoms with van der Waals surface area (Å²) >= 11 is 0. The average molecular weight is 231 g/mol. The van der Waals surface area contributed by atoms with Gasteiger partial charge in [0.05, 0.1) is 11.0 Å². The third kappa shape index (κ3) is 2.72. The molecule has 0 unspecified atom stereocenters. The molecule has 0 amide bonds. The molecular weight excluding hydrogens is 220 g/mol. The molecule has 0 heterocycles. The standard InChI is InChI=1S/C12H10N2O3/c15-11-5-1-3-9(7-11)13-14(17)10-4-2-6-12(16)8-10/h1-8H,(H2-,13,15,16,17)/p+1. The highest BCUT2D eigenvalue weighted by Gasteiger charge is 2.14. The zero-order valence-corrected chi connectivity index (χ0v) is 8.87. The molecular formula is C12H11N2O3+. The second-order valence-corrected chi connectivity index (χ2v) is 3.48. The minimum Gasteiger partial charge on any atom is -0.508 e. The van der Waals surface area contributed by atoms with Crippen LogP contribution in [0.2, 0.25) is 0 Å². The fraction of sp³-hybridized carbons (Fsp3) is 0. The fourth-order valence-electron chi connectivity index (χ4n) is 1.38. The van der Waals surface area contributed by atoms with Gasteiger partial charge in [-0.3, -0.25) is 0 Å². The number of phenols is 2. The fourth-order valence-corrected chi connectivity index (χ4v) is 1.38. The molecule has 2 rings (SSSR count). The van der Waals surface area contributed by atoms with Crippen LogP contribution in [0.4, 0.5) is 11.4 Å². The summed E-state index contributed by atoms with van der Waals surface area (Å²) in [5.41, 5.74) is 3.27. The van der Waals surface area contributed by atoms with E-state index in [1.54, 1.807) is 24.3 Å². The lowest BCUT2D eigenvalue weighted by atomic mass is 10.3. The summed E-state index contributed by atoms with van der Waals surface area (Å²) < 4.78 is 0. The highest BCUT2D eigenvalue weighted by molar-refractivity contribution is 5.47. The Morgan fingerprint density at radius 1 is 0.941 bits per heavy atom. The van der Waals surface area contributed by atoms with Crippen molar-refractivity contribution in [3.63, 3.8) is 0 Å². The van der Waals surface area contributed by atoms with Crippen LogP contribution in [0.25, 0.3) is 0 Å². The molecule has 3 N–H and O–H groups in total. The van der Waals surface area contributed by atoms with Gasteiger partial charge >= 0.3 is 0 Å². The molecule has 0 aliphatic carbocycles. The first kappa shape index (κ1) is 10.9. The number of hydrogen-bond acceptors (Lipinski definition) is 3. The Morgan fingerprint density at radius 2 is 1.59 bits per heavy atom. The van der Waals surface area contributed by atoms with E-state index in [0.29, 0.717) is 10.6 Å². The predicted octanol–water partition coefficient (Wildman–Crippen LogP) is 2.54. The lowest BCUT2D eigenvalue weighted by Gasteiger charge is -1.98. The van der Waals surface area contributed by atoms with Crippen molar-refractivity contribution >= 4 is 11.4 Å². The summed E-state index contributed by atoms with van der Waals surface area (Å²) in [5, 5.41) is 18.5. The summed E-state index contributed by atoms with van der Waals surface area (Å²) in [4.78, 5) is 12.2. The van der Waals surface area contributed by atoms with Gasteiger partial charge in [-0.05, 0) is 18.2 Å². The quantitative estimate of drug-likeness (QED) is 0.560. The number of hydrogen-bond donors (Lipinski definition) is 3. The molecule has 0 radical (unpaired) electrons. The van der Waals surface area contributed by atoms with E-state index < -0.39 is 0 Å². The van der Waals surface area contributed by atoms with Gasteiger partial charge in [0.2, 0.25) is 0 Å². The number of nitrogens with zero attached hydrogens (tertiary/aromatic N) is 1. The Balaban J connectivity index is 2.17. The number of nitroso groups, excluding NO2 is 1. The topological polar surface area (TPSA) is 72.6 Å². The molecule has 5 nitrogen and oxygen atoms in total. The van der Waals surface area contributed by atoms with Crippen molar-refractivity contribution in [1.82, 2.24) is 0 Å². The molecule has 86 valence electrons. The van der Waals surface area contributed by atoms with Crippen LogP contribution in [-0.2, 0) is 0 Å². The van der Waals surface area contributed by atoms with Crippen molar-refractivity contribution in [2.45, 2.75) is 0 Å².